The van der Waals surface area contributed by atoms with Crippen molar-refractivity contribution in [2.75, 3.05) is 13.1 Å². The third-order valence-electron chi connectivity index (χ3n) is 2.88. The largest absolute Gasteiger partial charge is 0.364 e. The van der Waals surface area contributed by atoms with Crippen LogP contribution >= 0.6 is 0 Å². The molecule has 1 heterocycles. The Kier molecular flexibility index (Phi) is 5.75. The SMILES string of the molecule is CCNC(=NCc1ccon1)NCCc1ccccc1F. The molecule has 0 saturated heterocycles. The van der Waals surface area contributed by atoms with Gasteiger partial charge in [0, 0.05) is 19.2 Å². The molecule has 1 aromatic heterocycles. The normalized spacial score (nSPS) is 11.4. The molecule has 5 nitrogen and oxygen atoms in total. The quantitative estimate of drug-likeness (QED) is 0.632. The predicted molar refractivity (Wildman–Crippen MR) is 79.4 cm³/mol. The van der Waals surface area contributed by atoms with Crippen LogP contribution in [-0.4, -0.2) is 24.2 Å². The van der Waals surface area contributed by atoms with Crippen LogP contribution in [-0.2, 0) is 13.0 Å². The Morgan fingerprint density at radius 1 is 1.29 bits per heavy atom. The van der Waals surface area contributed by atoms with E-state index in [1.807, 2.05) is 13.0 Å². The number of rotatable bonds is 6. The molecule has 0 aliphatic rings. The minimum absolute atomic E-state index is 0.177. The van der Waals surface area contributed by atoms with Crippen LogP contribution in [0.15, 0.2) is 46.1 Å². The van der Waals surface area contributed by atoms with Gasteiger partial charge in [0.1, 0.15) is 17.8 Å². The maximum absolute atomic E-state index is 13.5. The van der Waals surface area contributed by atoms with Crippen LogP contribution in [0.1, 0.15) is 18.2 Å². The summed E-state index contributed by atoms with van der Waals surface area (Å²) in [6, 6.07) is 8.56. The van der Waals surface area contributed by atoms with E-state index in [-0.39, 0.29) is 5.82 Å². The minimum Gasteiger partial charge on any atom is -0.364 e. The number of hydrogen-bond donors (Lipinski definition) is 2. The molecular weight excluding hydrogens is 271 g/mol. The molecule has 2 rings (SSSR count). The maximum Gasteiger partial charge on any atom is 0.191 e. The highest BCUT2D eigenvalue weighted by Gasteiger charge is 2.02. The van der Waals surface area contributed by atoms with Crippen molar-refractivity contribution in [2.45, 2.75) is 19.9 Å². The third-order valence-corrected chi connectivity index (χ3v) is 2.88. The highest BCUT2D eigenvalue weighted by atomic mass is 19.1. The second kappa shape index (κ2) is 8.04. The molecule has 21 heavy (non-hydrogen) atoms. The molecule has 0 unspecified atom stereocenters. The molecule has 6 heteroatoms. The number of aromatic nitrogens is 1. The summed E-state index contributed by atoms with van der Waals surface area (Å²) in [4.78, 5) is 4.39. The van der Waals surface area contributed by atoms with Gasteiger partial charge in [0.05, 0.1) is 6.54 Å². The molecule has 0 atom stereocenters. The van der Waals surface area contributed by atoms with E-state index in [1.165, 1.54) is 12.3 Å². The summed E-state index contributed by atoms with van der Waals surface area (Å²) in [6.07, 6.45) is 2.12. The van der Waals surface area contributed by atoms with Crippen molar-refractivity contribution in [3.8, 4) is 0 Å². The Morgan fingerprint density at radius 2 is 2.14 bits per heavy atom. The highest BCUT2D eigenvalue weighted by Crippen LogP contribution is 2.06. The van der Waals surface area contributed by atoms with Crippen molar-refractivity contribution in [1.82, 2.24) is 15.8 Å². The molecule has 0 aliphatic carbocycles. The molecule has 112 valence electrons. The van der Waals surface area contributed by atoms with Crippen LogP contribution in [0.4, 0.5) is 4.39 Å². The summed E-state index contributed by atoms with van der Waals surface area (Å²) in [7, 11) is 0. The van der Waals surface area contributed by atoms with E-state index in [1.54, 1.807) is 18.2 Å². The number of nitrogens with one attached hydrogen (secondary N) is 2. The second-order valence-corrected chi connectivity index (χ2v) is 4.45. The topological polar surface area (TPSA) is 62.5 Å². The molecule has 0 bridgehead atoms. The Labute approximate surface area is 123 Å². The average molecular weight is 290 g/mol. The van der Waals surface area contributed by atoms with E-state index < -0.39 is 0 Å². The molecule has 0 fully saturated rings. The first-order valence-corrected chi connectivity index (χ1v) is 6.94. The van der Waals surface area contributed by atoms with Gasteiger partial charge in [-0.05, 0) is 25.0 Å². The fraction of sp³-hybridized carbons (Fsp3) is 0.333. The van der Waals surface area contributed by atoms with Crippen molar-refractivity contribution >= 4 is 5.96 Å². The van der Waals surface area contributed by atoms with Gasteiger partial charge in [-0.2, -0.15) is 0 Å². The van der Waals surface area contributed by atoms with Crippen molar-refractivity contribution in [3.63, 3.8) is 0 Å². The first kappa shape index (κ1) is 15.0. The molecule has 2 N–H and O–H groups in total. The Morgan fingerprint density at radius 3 is 2.86 bits per heavy atom. The highest BCUT2D eigenvalue weighted by molar-refractivity contribution is 5.79. The minimum atomic E-state index is -0.177. The van der Waals surface area contributed by atoms with Gasteiger partial charge in [-0.1, -0.05) is 23.4 Å². The van der Waals surface area contributed by atoms with E-state index in [0.717, 1.165) is 12.2 Å². The van der Waals surface area contributed by atoms with E-state index in [2.05, 4.69) is 20.8 Å². The lowest BCUT2D eigenvalue weighted by Gasteiger charge is -2.11. The second-order valence-electron chi connectivity index (χ2n) is 4.45. The van der Waals surface area contributed by atoms with E-state index in [4.69, 9.17) is 4.52 Å². The van der Waals surface area contributed by atoms with Crippen molar-refractivity contribution in [1.29, 1.82) is 0 Å². The van der Waals surface area contributed by atoms with Crippen LogP contribution in [0.3, 0.4) is 0 Å². The number of hydrogen-bond acceptors (Lipinski definition) is 3. The van der Waals surface area contributed by atoms with Gasteiger partial charge in [0.15, 0.2) is 5.96 Å². The van der Waals surface area contributed by atoms with Crippen molar-refractivity contribution in [2.24, 2.45) is 4.99 Å². The molecule has 2 aromatic rings. The Balaban J connectivity index is 1.85. The van der Waals surface area contributed by atoms with Crippen LogP contribution in [0.25, 0.3) is 0 Å². The Bertz CT molecular complexity index is 569. The van der Waals surface area contributed by atoms with Crippen LogP contribution < -0.4 is 10.6 Å². The smallest absolute Gasteiger partial charge is 0.191 e. The summed E-state index contributed by atoms with van der Waals surface area (Å²) < 4.78 is 18.3. The fourth-order valence-electron chi connectivity index (χ4n) is 1.84. The Hall–Kier alpha value is -2.37. The zero-order chi connectivity index (χ0) is 14.9. The van der Waals surface area contributed by atoms with Gasteiger partial charge in [0.25, 0.3) is 0 Å². The number of aliphatic imine (C=N–C) groups is 1. The molecular formula is C15H19FN4O. The summed E-state index contributed by atoms with van der Waals surface area (Å²) in [6.45, 7) is 3.78. The van der Waals surface area contributed by atoms with Gasteiger partial charge in [-0.3, -0.25) is 0 Å². The lowest BCUT2D eigenvalue weighted by Crippen LogP contribution is -2.38. The zero-order valence-corrected chi connectivity index (χ0v) is 12.0. The molecule has 1 aromatic carbocycles. The number of nitrogens with zero attached hydrogens (tertiary/aromatic N) is 2. The number of guanidine groups is 1. The molecule has 0 radical (unpaired) electrons. The zero-order valence-electron chi connectivity index (χ0n) is 12.0. The molecule has 0 spiro atoms. The first-order valence-electron chi connectivity index (χ1n) is 6.94. The fourth-order valence-corrected chi connectivity index (χ4v) is 1.84. The lowest BCUT2D eigenvalue weighted by molar-refractivity contribution is 0.412. The van der Waals surface area contributed by atoms with E-state index in [9.17, 15) is 4.39 Å². The van der Waals surface area contributed by atoms with Crippen molar-refractivity contribution < 1.29 is 8.91 Å². The third kappa shape index (κ3) is 4.91. The summed E-state index contributed by atoms with van der Waals surface area (Å²) in [5.74, 6) is 0.501. The van der Waals surface area contributed by atoms with Gasteiger partial charge < -0.3 is 15.2 Å². The lowest BCUT2D eigenvalue weighted by atomic mass is 10.1. The standard InChI is InChI=1S/C15H19FN4O/c1-2-17-15(19-11-13-8-10-21-20-13)18-9-7-12-5-3-4-6-14(12)16/h3-6,8,10H,2,7,9,11H2,1H3,(H2,17,18,19). The van der Waals surface area contributed by atoms with Gasteiger partial charge in [-0.15, -0.1) is 0 Å². The first-order chi connectivity index (χ1) is 10.3. The number of halogens is 1. The summed E-state index contributed by atoms with van der Waals surface area (Å²) in [5, 5.41) is 10.1. The van der Waals surface area contributed by atoms with Gasteiger partial charge in [-0.25, -0.2) is 9.38 Å². The number of benzene rings is 1. The van der Waals surface area contributed by atoms with Gasteiger partial charge >= 0.3 is 0 Å². The van der Waals surface area contributed by atoms with Crippen LogP contribution in [0.2, 0.25) is 0 Å². The van der Waals surface area contributed by atoms with Gasteiger partial charge in [0.2, 0.25) is 0 Å². The van der Waals surface area contributed by atoms with E-state index in [0.29, 0.717) is 31.0 Å². The maximum atomic E-state index is 13.5. The van der Waals surface area contributed by atoms with Crippen LogP contribution in [0, 0.1) is 5.82 Å². The predicted octanol–water partition coefficient (Wildman–Crippen LogP) is 2.11. The molecule has 0 amide bonds. The molecule has 0 aliphatic heterocycles. The average Bonchev–Trinajstić information content (AvgIpc) is 3.00. The summed E-state index contributed by atoms with van der Waals surface area (Å²) in [5.41, 5.74) is 1.46. The van der Waals surface area contributed by atoms with Crippen molar-refractivity contribution in [3.05, 3.63) is 53.7 Å². The van der Waals surface area contributed by atoms with E-state index >= 15 is 0 Å². The monoisotopic (exact) mass is 290 g/mol. The van der Waals surface area contributed by atoms with Crippen LogP contribution in [0.5, 0.6) is 0 Å². The summed E-state index contributed by atoms with van der Waals surface area (Å²) >= 11 is 0. The molecule has 0 saturated carbocycles.